The number of aromatic nitrogens is 1. The summed E-state index contributed by atoms with van der Waals surface area (Å²) < 4.78 is 7.36. The fraction of sp³-hybridized carbons (Fsp3) is 0.333. The van der Waals surface area contributed by atoms with Gasteiger partial charge in [-0.2, -0.15) is 0 Å². The van der Waals surface area contributed by atoms with Gasteiger partial charge in [-0.15, -0.1) is 0 Å². The van der Waals surface area contributed by atoms with Gasteiger partial charge in [0.05, 0.1) is 23.6 Å². The van der Waals surface area contributed by atoms with E-state index in [0.717, 1.165) is 46.1 Å². The minimum absolute atomic E-state index is 0.461. The molecule has 3 rings (SSSR count). The van der Waals surface area contributed by atoms with Gasteiger partial charge >= 0.3 is 5.97 Å². The summed E-state index contributed by atoms with van der Waals surface area (Å²) in [4.78, 5) is 12.8. The van der Waals surface area contributed by atoms with E-state index in [0.29, 0.717) is 22.2 Å². The van der Waals surface area contributed by atoms with Crippen LogP contribution in [-0.2, 0) is 4.79 Å². The molecule has 158 valence electrons. The van der Waals surface area contributed by atoms with Crippen molar-refractivity contribution in [1.29, 1.82) is 0 Å². The molecule has 0 saturated heterocycles. The third-order valence-electron chi connectivity index (χ3n) is 5.52. The molecule has 0 aliphatic rings. The van der Waals surface area contributed by atoms with E-state index in [1.54, 1.807) is 7.11 Å². The van der Waals surface area contributed by atoms with E-state index in [2.05, 4.69) is 6.92 Å². The summed E-state index contributed by atoms with van der Waals surface area (Å²) in [5.41, 5.74) is 4.43. The van der Waals surface area contributed by atoms with Crippen LogP contribution in [0.25, 0.3) is 10.9 Å². The van der Waals surface area contributed by atoms with Gasteiger partial charge in [0, 0.05) is 16.6 Å². The highest BCUT2D eigenvalue weighted by molar-refractivity contribution is 7.80. The summed E-state index contributed by atoms with van der Waals surface area (Å²) in [5, 5.41) is 11.3. The average Bonchev–Trinajstić information content (AvgIpc) is 2.98. The molecule has 1 atom stereocenters. The molecule has 0 bridgehead atoms. The predicted octanol–water partition coefficient (Wildman–Crippen LogP) is 6.50. The Bertz CT molecular complexity index is 1100. The zero-order valence-corrected chi connectivity index (χ0v) is 19.2. The lowest BCUT2D eigenvalue weighted by atomic mass is 9.91. The third-order valence-corrected chi connectivity index (χ3v) is 6.23. The number of halogens is 1. The number of hydrogen-bond acceptors (Lipinski definition) is 3. The number of thiocarbonyl (C=S) groups is 1. The Morgan fingerprint density at radius 1 is 1.23 bits per heavy atom. The molecular formula is C24H26ClNO3S. The summed E-state index contributed by atoms with van der Waals surface area (Å²) in [7, 11) is 1.55. The predicted molar refractivity (Wildman–Crippen MR) is 126 cm³/mol. The topological polar surface area (TPSA) is 51.5 Å². The first-order chi connectivity index (χ1) is 14.3. The summed E-state index contributed by atoms with van der Waals surface area (Å²) >= 11 is 12.3. The van der Waals surface area contributed by atoms with Crippen LogP contribution in [0.5, 0.6) is 5.75 Å². The highest BCUT2D eigenvalue weighted by atomic mass is 35.5. The lowest BCUT2D eigenvalue weighted by Gasteiger charge is -2.14. The Labute approximate surface area is 187 Å². The number of aliphatic carboxylic acids is 1. The van der Waals surface area contributed by atoms with Gasteiger partial charge in [0.1, 0.15) is 10.7 Å². The van der Waals surface area contributed by atoms with Gasteiger partial charge in [-0.1, -0.05) is 73.4 Å². The van der Waals surface area contributed by atoms with Gasteiger partial charge in [-0.3, -0.25) is 4.79 Å². The molecule has 0 amide bonds. The maximum atomic E-state index is 12.2. The first-order valence-corrected chi connectivity index (χ1v) is 10.8. The van der Waals surface area contributed by atoms with Crippen LogP contribution in [-0.4, -0.2) is 27.7 Å². The molecule has 30 heavy (non-hydrogen) atoms. The van der Waals surface area contributed by atoms with E-state index in [1.165, 1.54) is 0 Å². The minimum atomic E-state index is -0.833. The van der Waals surface area contributed by atoms with Crippen LogP contribution in [0.15, 0.2) is 36.4 Å². The number of carboxylic acids is 1. The van der Waals surface area contributed by atoms with Crippen LogP contribution in [0.1, 0.15) is 54.5 Å². The monoisotopic (exact) mass is 443 g/mol. The van der Waals surface area contributed by atoms with Crippen molar-refractivity contribution >= 4 is 45.7 Å². The van der Waals surface area contributed by atoms with Gasteiger partial charge in [0.25, 0.3) is 0 Å². The van der Waals surface area contributed by atoms with E-state index in [4.69, 9.17) is 28.6 Å². The second-order valence-corrected chi connectivity index (χ2v) is 8.34. The number of aryl methyl sites for hydroxylation is 1. The van der Waals surface area contributed by atoms with E-state index in [9.17, 15) is 9.90 Å². The van der Waals surface area contributed by atoms with Crippen LogP contribution in [0.2, 0.25) is 5.02 Å². The van der Waals surface area contributed by atoms with E-state index < -0.39 is 11.9 Å². The number of hydrogen-bond donors (Lipinski definition) is 1. The molecule has 0 spiro atoms. The van der Waals surface area contributed by atoms with Crippen molar-refractivity contribution < 1.29 is 14.6 Å². The second kappa shape index (κ2) is 9.19. The SMILES string of the molecule is CCCCC(C(=O)O)c1c(C)n(C(=S)c2ccc(C)cc2)c2cc(Cl)c(OC)cc12. The fourth-order valence-corrected chi connectivity index (χ4v) is 4.53. The number of carboxylic acid groups (broad SMARTS) is 1. The molecule has 2 aromatic carbocycles. The van der Waals surface area contributed by atoms with E-state index in [-0.39, 0.29) is 0 Å². The molecule has 1 N–H and O–H groups in total. The maximum absolute atomic E-state index is 12.2. The molecule has 0 fully saturated rings. The van der Waals surface area contributed by atoms with Crippen molar-refractivity contribution in [2.75, 3.05) is 7.11 Å². The minimum Gasteiger partial charge on any atom is -0.495 e. The molecule has 1 aromatic heterocycles. The zero-order chi connectivity index (χ0) is 22.0. The number of fused-ring (bicyclic) bond motifs is 1. The smallest absolute Gasteiger partial charge is 0.311 e. The molecule has 0 radical (unpaired) electrons. The molecule has 6 heteroatoms. The first kappa shape index (κ1) is 22.3. The van der Waals surface area contributed by atoms with Crippen LogP contribution in [0, 0.1) is 13.8 Å². The van der Waals surface area contributed by atoms with Crippen molar-refractivity contribution in [3.05, 3.63) is 63.8 Å². The summed E-state index contributed by atoms with van der Waals surface area (Å²) in [6.45, 7) is 6.01. The summed E-state index contributed by atoms with van der Waals surface area (Å²) in [5.74, 6) is -0.940. The standard InChI is InChI=1S/C24H26ClNO3S/c1-5-6-7-17(24(27)28)22-15(3)26(23(30)16-10-8-14(2)9-11-16)20-13-19(25)21(29-4)12-18(20)22/h8-13,17H,5-7H2,1-4H3,(H,27,28). The first-order valence-electron chi connectivity index (χ1n) is 10.0. The normalized spacial score (nSPS) is 12.2. The van der Waals surface area contributed by atoms with Crippen molar-refractivity contribution in [3.8, 4) is 5.75 Å². The number of nitrogens with zero attached hydrogens (tertiary/aromatic N) is 1. The van der Waals surface area contributed by atoms with Gasteiger partial charge in [-0.05, 0) is 38.0 Å². The molecule has 1 unspecified atom stereocenters. The van der Waals surface area contributed by atoms with E-state index in [1.807, 2.05) is 54.8 Å². The van der Waals surface area contributed by atoms with Crippen molar-refractivity contribution in [3.63, 3.8) is 0 Å². The van der Waals surface area contributed by atoms with Crippen LogP contribution in [0.3, 0.4) is 0 Å². The highest BCUT2D eigenvalue weighted by Crippen LogP contribution is 2.40. The quantitative estimate of drug-likeness (QED) is 0.423. The number of ether oxygens (including phenoxy) is 1. The molecule has 4 nitrogen and oxygen atoms in total. The van der Waals surface area contributed by atoms with Crippen LogP contribution < -0.4 is 4.74 Å². The second-order valence-electron chi connectivity index (χ2n) is 7.54. The molecule has 3 aromatic rings. The maximum Gasteiger partial charge on any atom is 0.311 e. The van der Waals surface area contributed by atoms with Crippen molar-refractivity contribution in [1.82, 2.24) is 4.57 Å². The van der Waals surface area contributed by atoms with Crippen molar-refractivity contribution in [2.45, 2.75) is 46.0 Å². The zero-order valence-electron chi connectivity index (χ0n) is 17.7. The fourth-order valence-electron chi connectivity index (χ4n) is 3.92. The number of benzene rings is 2. The largest absolute Gasteiger partial charge is 0.495 e. The molecule has 0 aliphatic carbocycles. The lowest BCUT2D eigenvalue weighted by molar-refractivity contribution is -0.139. The Balaban J connectivity index is 2.30. The Kier molecular flexibility index (Phi) is 6.84. The number of unbranched alkanes of at least 4 members (excludes halogenated alkanes) is 1. The van der Waals surface area contributed by atoms with Gasteiger partial charge < -0.3 is 14.4 Å². The lowest BCUT2D eigenvalue weighted by Crippen LogP contribution is -2.15. The number of carbonyl (C=O) groups is 1. The number of rotatable bonds is 7. The average molecular weight is 444 g/mol. The highest BCUT2D eigenvalue weighted by Gasteiger charge is 2.29. The summed E-state index contributed by atoms with van der Waals surface area (Å²) in [6, 6.07) is 11.6. The van der Waals surface area contributed by atoms with Crippen LogP contribution >= 0.6 is 23.8 Å². The van der Waals surface area contributed by atoms with Crippen molar-refractivity contribution in [2.24, 2.45) is 0 Å². The molecule has 1 heterocycles. The molecule has 0 saturated carbocycles. The Morgan fingerprint density at radius 3 is 2.47 bits per heavy atom. The third kappa shape index (κ3) is 4.09. The van der Waals surface area contributed by atoms with Crippen LogP contribution in [0.4, 0.5) is 0 Å². The Morgan fingerprint density at radius 2 is 1.90 bits per heavy atom. The van der Waals surface area contributed by atoms with Gasteiger partial charge in [0.15, 0.2) is 0 Å². The van der Waals surface area contributed by atoms with Gasteiger partial charge in [-0.25, -0.2) is 0 Å². The molecule has 0 aliphatic heterocycles. The summed E-state index contributed by atoms with van der Waals surface area (Å²) in [6.07, 6.45) is 2.32. The Hall–Kier alpha value is -2.37. The van der Waals surface area contributed by atoms with E-state index >= 15 is 0 Å². The molecular weight excluding hydrogens is 418 g/mol. The number of methoxy groups -OCH3 is 1. The van der Waals surface area contributed by atoms with Gasteiger partial charge in [0.2, 0.25) is 0 Å².